The van der Waals surface area contributed by atoms with E-state index in [-0.39, 0.29) is 15.6 Å². The Morgan fingerprint density at radius 1 is 1.29 bits per heavy atom. The van der Waals surface area contributed by atoms with Crippen LogP contribution in [-0.4, -0.2) is 53.3 Å². The van der Waals surface area contributed by atoms with Gasteiger partial charge >= 0.3 is 6.09 Å². The molecule has 0 bridgehead atoms. The molecule has 0 saturated carbocycles. The Hall–Kier alpha value is -2.40. The molecule has 0 saturated heterocycles. The van der Waals surface area contributed by atoms with Gasteiger partial charge in [-0.05, 0) is 27.7 Å². The molecule has 1 amide bonds. The maximum atomic E-state index is 12.4. The standard InChI is InChI=1S/C16H22N4O3S/c1-10-13(12(21)11(8-17)9-19(5)6)24-14(18-10)23-15(22)20(7)16(2,3)4/h9H,1-7H3. The van der Waals surface area contributed by atoms with E-state index in [0.29, 0.717) is 5.69 Å². The fraction of sp³-hybridized carbons (Fsp3) is 0.500. The Kier molecular flexibility index (Phi) is 6.10. The van der Waals surface area contributed by atoms with Crippen LogP contribution in [0, 0.1) is 18.3 Å². The predicted molar refractivity (Wildman–Crippen MR) is 92.1 cm³/mol. The summed E-state index contributed by atoms with van der Waals surface area (Å²) in [5, 5.41) is 9.22. The minimum Gasteiger partial charge on any atom is -0.382 e. The smallest absolute Gasteiger partial charge is 0.382 e. The van der Waals surface area contributed by atoms with Gasteiger partial charge in [0.15, 0.2) is 0 Å². The molecule has 0 unspecified atom stereocenters. The molecule has 0 fully saturated rings. The second-order valence-electron chi connectivity index (χ2n) is 6.44. The molecule has 1 heterocycles. The quantitative estimate of drug-likeness (QED) is 0.471. The van der Waals surface area contributed by atoms with Crippen LogP contribution in [0.1, 0.15) is 36.1 Å². The lowest BCUT2D eigenvalue weighted by molar-refractivity contribution is 0.104. The summed E-state index contributed by atoms with van der Waals surface area (Å²) in [4.78, 5) is 32.0. The average molecular weight is 350 g/mol. The van der Waals surface area contributed by atoms with Crippen LogP contribution in [0.25, 0.3) is 0 Å². The summed E-state index contributed by atoms with van der Waals surface area (Å²) in [5.74, 6) is -0.437. The van der Waals surface area contributed by atoms with E-state index in [1.165, 1.54) is 11.1 Å². The fourth-order valence-electron chi connectivity index (χ4n) is 1.56. The summed E-state index contributed by atoms with van der Waals surface area (Å²) in [5.41, 5.74) is 0.0207. The molecule has 7 nitrogen and oxygen atoms in total. The molecule has 0 aromatic carbocycles. The number of thiazole rings is 1. The first-order valence-electron chi connectivity index (χ1n) is 7.23. The number of amides is 1. The maximum Gasteiger partial charge on any atom is 0.417 e. The topological polar surface area (TPSA) is 86.5 Å². The van der Waals surface area contributed by atoms with Crippen LogP contribution in [0.3, 0.4) is 0 Å². The summed E-state index contributed by atoms with van der Waals surface area (Å²) < 4.78 is 5.24. The zero-order valence-corrected chi connectivity index (χ0v) is 15.8. The highest BCUT2D eigenvalue weighted by atomic mass is 32.1. The van der Waals surface area contributed by atoms with Gasteiger partial charge in [0.2, 0.25) is 5.78 Å². The molecule has 0 aliphatic carbocycles. The highest BCUT2D eigenvalue weighted by Crippen LogP contribution is 2.28. The number of Topliss-reactive ketones (excluding diaryl/α,β-unsaturated/α-hetero) is 1. The number of hydrogen-bond acceptors (Lipinski definition) is 7. The largest absolute Gasteiger partial charge is 0.417 e. The van der Waals surface area contributed by atoms with E-state index in [9.17, 15) is 9.59 Å². The van der Waals surface area contributed by atoms with E-state index in [0.717, 1.165) is 11.3 Å². The number of carbonyl (C=O) groups is 2. The number of nitriles is 1. The molecule has 130 valence electrons. The lowest BCUT2D eigenvalue weighted by atomic mass is 10.1. The van der Waals surface area contributed by atoms with E-state index in [4.69, 9.17) is 10.00 Å². The molecule has 1 aromatic rings. The zero-order valence-electron chi connectivity index (χ0n) is 15.0. The van der Waals surface area contributed by atoms with Crippen LogP contribution < -0.4 is 4.74 Å². The Labute approximate surface area is 146 Å². The van der Waals surface area contributed by atoms with Gasteiger partial charge in [-0.25, -0.2) is 9.78 Å². The first-order chi connectivity index (χ1) is 11.0. The van der Waals surface area contributed by atoms with Crippen LogP contribution in [0.15, 0.2) is 11.8 Å². The summed E-state index contributed by atoms with van der Waals surface area (Å²) in [6.45, 7) is 7.27. The first kappa shape index (κ1) is 19.6. The molecule has 0 radical (unpaired) electrons. The Bertz CT molecular complexity index is 708. The number of nitrogens with zero attached hydrogens (tertiary/aromatic N) is 4. The molecule has 1 aromatic heterocycles. The molecule has 0 atom stereocenters. The van der Waals surface area contributed by atoms with Crippen LogP contribution in [0.4, 0.5) is 4.79 Å². The molecule has 24 heavy (non-hydrogen) atoms. The third kappa shape index (κ3) is 4.80. The van der Waals surface area contributed by atoms with Crippen molar-refractivity contribution in [1.29, 1.82) is 5.26 Å². The van der Waals surface area contributed by atoms with Crippen LogP contribution in [-0.2, 0) is 0 Å². The lowest BCUT2D eigenvalue weighted by Crippen LogP contribution is -2.44. The van der Waals surface area contributed by atoms with E-state index < -0.39 is 17.4 Å². The van der Waals surface area contributed by atoms with E-state index in [2.05, 4.69) is 4.98 Å². The second kappa shape index (κ2) is 7.45. The normalized spacial score (nSPS) is 11.7. The van der Waals surface area contributed by atoms with E-state index >= 15 is 0 Å². The third-order valence-corrected chi connectivity index (χ3v) is 4.22. The van der Waals surface area contributed by atoms with Gasteiger partial charge in [0, 0.05) is 32.9 Å². The van der Waals surface area contributed by atoms with Crippen molar-refractivity contribution in [3.05, 3.63) is 22.3 Å². The highest BCUT2D eigenvalue weighted by Gasteiger charge is 2.26. The lowest BCUT2D eigenvalue weighted by Gasteiger charge is -2.30. The number of aromatic nitrogens is 1. The first-order valence-corrected chi connectivity index (χ1v) is 8.05. The SMILES string of the molecule is Cc1nc(OC(=O)N(C)C(C)(C)C)sc1C(=O)C(C#N)=CN(C)C. The van der Waals surface area contributed by atoms with Crippen molar-refractivity contribution in [3.8, 4) is 11.3 Å². The van der Waals surface area contributed by atoms with Crippen molar-refractivity contribution in [2.75, 3.05) is 21.1 Å². The predicted octanol–water partition coefficient (Wildman–Crippen LogP) is 2.83. The minimum atomic E-state index is -0.556. The van der Waals surface area contributed by atoms with Gasteiger partial charge < -0.3 is 14.5 Å². The summed E-state index contributed by atoms with van der Waals surface area (Å²) in [6.07, 6.45) is 0.889. The van der Waals surface area contributed by atoms with Gasteiger partial charge in [0.1, 0.15) is 16.5 Å². The van der Waals surface area contributed by atoms with Crippen LogP contribution in [0.5, 0.6) is 5.19 Å². The summed E-state index contributed by atoms with van der Waals surface area (Å²) in [7, 11) is 5.07. The monoisotopic (exact) mass is 350 g/mol. The number of aryl methyl sites for hydroxylation is 1. The van der Waals surface area contributed by atoms with E-state index in [1.54, 1.807) is 33.0 Å². The molecule has 0 aliphatic rings. The van der Waals surface area contributed by atoms with Gasteiger partial charge in [-0.1, -0.05) is 11.3 Å². The van der Waals surface area contributed by atoms with Crippen molar-refractivity contribution in [3.63, 3.8) is 0 Å². The Morgan fingerprint density at radius 2 is 1.88 bits per heavy atom. The van der Waals surface area contributed by atoms with Gasteiger partial charge in [0.05, 0.1) is 5.69 Å². The Morgan fingerprint density at radius 3 is 2.33 bits per heavy atom. The highest BCUT2D eigenvalue weighted by molar-refractivity contribution is 7.15. The van der Waals surface area contributed by atoms with Crippen LogP contribution >= 0.6 is 11.3 Å². The minimum absolute atomic E-state index is 0.00330. The number of allylic oxidation sites excluding steroid dienone is 1. The fourth-order valence-corrected chi connectivity index (χ4v) is 2.43. The average Bonchev–Trinajstić information content (AvgIpc) is 2.82. The van der Waals surface area contributed by atoms with Gasteiger partial charge in [0.25, 0.3) is 5.19 Å². The molecule has 0 spiro atoms. The van der Waals surface area contributed by atoms with Crippen molar-refractivity contribution in [1.82, 2.24) is 14.8 Å². The number of rotatable bonds is 4. The summed E-state index contributed by atoms with van der Waals surface area (Å²) >= 11 is 0.954. The number of ether oxygens (including phenoxy) is 1. The van der Waals surface area contributed by atoms with Gasteiger partial charge in [-0.3, -0.25) is 4.79 Å². The Balaban J connectivity index is 3.03. The molecular weight excluding hydrogens is 328 g/mol. The third-order valence-electron chi connectivity index (χ3n) is 3.19. The van der Waals surface area contributed by atoms with Crippen molar-refractivity contribution in [2.45, 2.75) is 33.2 Å². The maximum absolute atomic E-state index is 12.4. The number of carbonyl (C=O) groups excluding carboxylic acids is 2. The molecular formula is C16H22N4O3S. The van der Waals surface area contributed by atoms with Gasteiger partial charge in [-0.15, -0.1) is 0 Å². The zero-order chi connectivity index (χ0) is 18.7. The molecule has 0 aliphatic heterocycles. The molecule has 8 heteroatoms. The number of ketones is 1. The second-order valence-corrected chi connectivity index (χ2v) is 7.40. The molecule has 1 rings (SSSR count). The van der Waals surface area contributed by atoms with Crippen molar-refractivity contribution >= 4 is 23.2 Å². The van der Waals surface area contributed by atoms with Crippen molar-refractivity contribution < 1.29 is 14.3 Å². The van der Waals surface area contributed by atoms with Crippen molar-refractivity contribution in [2.24, 2.45) is 0 Å². The number of hydrogen-bond donors (Lipinski definition) is 0. The van der Waals surface area contributed by atoms with Gasteiger partial charge in [-0.2, -0.15) is 5.26 Å². The molecule has 0 N–H and O–H groups in total. The van der Waals surface area contributed by atoms with Crippen LogP contribution in [0.2, 0.25) is 0 Å². The van der Waals surface area contributed by atoms with E-state index in [1.807, 2.05) is 26.8 Å². The summed E-state index contributed by atoms with van der Waals surface area (Å²) in [6, 6.07) is 1.88.